The van der Waals surface area contributed by atoms with Crippen LogP contribution < -0.4 is 10.6 Å². The fourth-order valence-electron chi connectivity index (χ4n) is 4.19. The molecule has 0 spiro atoms. The van der Waals surface area contributed by atoms with Gasteiger partial charge in [0.15, 0.2) is 0 Å². The lowest BCUT2D eigenvalue weighted by Crippen LogP contribution is -2.49. The summed E-state index contributed by atoms with van der Waals surface area (Å²) >= 11 is 0. The number of aromatic nitrogens is 4. The molecule has 30 heavy (non-hydrogen) atoms. The Kier molecular flexibility index (Phi) is 8.84. The number of halogens is 2. The molecule has 2 saturated carbocycles. The van der Waals surface area contributed by atoms with Crippen LogP contribution in [0.25, 0.3) is 11.3 Å². The summed E-state index contributed by atoms with van der Waals surface area (Å²) < 4.78 is 1.66. The molecule has 9 nitrogen and oxygen atoms in total. The predicted molar refractivity (Wildman–Crippen MR) is 116 cm³/mol. The highest BCUT2D eigenvalue weighted by Gasteiger charge is 2.42. The van der Waals surface area contributed by atoms with Gasteiger partial charge >= 0.3 is 6.03 Å². The van der Waals surface area contributed by atoms with Gasteiger partial charge in [0.05, 0.1) is 18.3 Å². The Hall–Kier alpha value is -1.94. The van der Waals surface area contributed by atoms with Gasteiger partial charge in [-0.05, 0) is 31.4 Å². The number of aliphatic hydroxyl groups is 2. The topological polar surface area (TPSA) is 125 Å². The molecule has 2 aliphatic rings. The highest BCUT2D eigenvalue weighted by Crippen LogP contribution is 2.28. The summed E-state index contributed by atoms with van der Waals surface area (Å²) in [6.45, 7) is 0.411. The van der Waals surface area contributed by atoms with Crippen molar-refractivity contribution in [2.75, 3.05) is 0 Å². The Morgan fingerprint density at radius 2 is 1.93 bits per heavy atom. The van der Waals surface area contributed by atoms with Crippen LogP contribution in [0.3, 0.4) is 0 Å². The number of amides is 2. The zero-order chi connectivity index (χ0) is 19.5. The van der Waals surface area contributed by atoms with Crippen molar-refractivity contribution < 1.29 is 15.0 Å². The third kappa shape index (κ3) is 5.60. The first kappa shape index (κ1) is 24.3. The second-order valence-electron chi connectivity index (χ2n) is 7.75. The zero-order valence-corrected chi connectivity index (χ0v) is 18.1. The molecule has 4 atom stereocenters. The summed E-state index contributed by atoms with van der Waals surface area (Å²) in [5, 5.41) is 34.8. The van der Waals surface area contributed by atoms with Gasteiger partial charge in [-0.15, -0.1) is 29.9 Å². The van der Waals surface area contributed by atoms with Crippen molar-refractivity contribution in [2.24, 2.45) is 5.92 Å². The molecule has 2 aromatic rings. The highest BCUT2D eigenvalue weighted by molar-refractivity contribution is 5.85. The van der Waals surface area contributed by atoms with Crippen molar-refractivity contribution >= 4 is 30.8 Å². The lowest BCUT2D eigenvalue weighted by Gasteiger charge is -2.20. The van der Waals surface area contributed by atoms with Crippen LogP contribution in [0.4, 0.5) is 4.79 Å². The van der Waals surface area contributed by atoms with Gasteiger partial charge in [-0.1, -0.05) is 18.1 Å². The molecule has 0 radical (unpaired) electrons. The highest BCUT2D eigenvalue weighted by atomic mass is 35.5. The van der Waals surface area contributed by atoms with E-state index in [9.17, 15) is 15.0 Å². The molecule has 2 fully saturated rings. The van der Waals surface area contributed by atoms with Crippen LogP contribution in [0, 0.1) is 5.92 Å². The molecule has 4 N–H and O–H groups in total. The number of rotatable bonds is 5. The molecule has 166 valence electrons. The third-order valence-electron chi connectivity index (χ3n) is 5.73. The number of pyridine rings is 1. The summed E-state index contributed by atoms with van der Waals surface area (Å²) in [6.07, 6.45) is 8.02. The summed E-state index contributed by atoms with van der Waals surface area (Å²) in [5.41, 5.74) is 1.57. The minimum Gasteiger partial charge on any atom is -0.390 e. The molecular weight excluding hydrogens is 431 g/mol. The number of carbonyl (C=O) groups is 1. The maximum Gasteiger partial charge on any atom is 0.315 e. The van der Waals surface area contributed by atoms with E-state index in [-0.39, 0.29) is 42.8 Å². The maximum absolute atomic E-state index is 12.2. The van der Waals surface area contributed by atoms with E-state index in [0.29, 0.717) is 18.7 Å². The van der Waals surface area contributed by atoms with E-state index in [2.05, 4.69) is 25.9 Å². The van der Waals surface area contributed by atoms with Crippen molar-refractivity contribution in [1.29, 1.82) is 0 Å². The summed E-state index contributed by atoms with van der Waals surface area (Å²) in [4.78, 5) is 16.3. The van der Waals surface area contributed by atoms with Gasteiger partial charge in [0.2, 0.25) is 0 Å². The Bertz CT molecular complexity index is 803. The molecule has 0 aliphatic heterocycles. The largest absolute Gasteiger partial charge is 0.390 e. The molecule has 0 bridgehead atoms. The first-order chi connectivity index (χ1) is 13.6. The molecular formula is C19H28Cl2N6O3. The van der Waals surface area contributed by atoms with Gasteiger partial charge in [-0.3, -0.25) is 9.67 Å². The minimum absolute atomic E-state index is 0. The van der Waals surface area contributed by atoms with Gasteiger partial charge in [-0.25, -0.2) is 4.79 Å². The van der Waals surface area contributed by atoms with E-state index < -0.39 is 18.2 Å². The van der Waals surface area contributed by atoms with Crippen LogP contribution in [0.15, 0.2) is 30.7 Å². The fraction of sp³-hybridized carbons (Fsp3) is 0.579. The number of nitrogens with zero attached hydrogens (tertiary/aromatic N) is 4. The van der Waals surface area contributed by atoms with Crippen LogP contribution in [-0.4, -0.2) is 60.5 Å². The molecule has 0 saturated heterocycles. The quantitative estimate of drug-likeness (QED) is 0.538. The normalized spacial score (nSPS) is 25.9. The first-order valence-electron chi connectivity index (χ1n) is 9.84. The SMILES string of the molecule is Cl.Cl.O=C(NC1CCCC1)N[C@@H]1C[C@H](Cn2cc(-c3cccnc3)nn2)[C@@H](O)[C@H]1O. The summed E-state index contributed by atoms with van der Waals surface area (Å²) in [6, 6.07) is 3.18. The van der Waals surface area contributed by atoms with Crippen LogP contribution in [0.1, 0.15) is 32.1 Å². The second-order valence-corrected chi connectivity index (χ2v) is 7.75. The molecule has 4 rings (SSSR count). The van der Waals surface area contributed by atoms with Crippen LogP contribution >= 0.6 is 24.8 Å². The van der Waals surface area contributed by atoms with Crippen molar-refractivity contribution in [3.8, 4) is 11.3 Å². The summed E-state index contributed by atoms with van der Waals surface area (Å²) in [5.74, 6) is -0.227. The molecule has 0 unspecified atom stereocenters. The second kappa shape index (κ2) is 10.9. The average Bonchev–Trinajstić information content (AvgIpc) is 3.42. The molecule has 0 aromatic carbocycles. The maximum atomic E-state index is 12.2. The van der Waals surface area contributed by atoms with Crippen molar-refractivity contribution in [3.63, 3.8) is 0 Å². The Balaban J connectivity index is 0.00000160. The molecule has 2 aromatic heterocycles. The van der Waals surface area contributed by atoms with E-state index in [1.54, 1.807) is 23.3 Å². The van der Waals surface area contributed by atoms with E-state index in [0.717, 1.165) is 31.2 Å². The van der Waals surface area contributed by atoms with Crippen LogP contribution in [0.2, 0.25) is 0 Å². The lowest BCUT2D eigenvalue weighted by atomic mass is 10.1. The number of nitrogens with one attached hydrogen (secondary N) is 2. The summed E-state index contributed by atoms with van der Waals surface area (Å²) in [7, 11) is 0. The monoisotopic (exact) mass is 458 g/mol. The van der Waals surface area contributed by atoms with Crippen molar-refractivity contribution in [1.82, 2.24) is 30.6 Å². The molecule has 11 heteroatoms. The van der Waals surface area contributed by atoms with Crippen molar-refractivity contribution in [2.45, 2.75) is 62.9 Å². The van der Waals surface area contributed by atoms with E-state index in [4.69, 9.17) is 0 Å². The van der Waals surface area contributed by atoms with Gasteiger partial charge in [0, 0.05) is 36.5 Å². The van der Waals surface area contributed by atoms with Crippen LogP contribution in [0.5, 0.6) is 0 Å². The Morgan fingerprint density at radius 3 is 2.63 bits per heavy atom. The number of carbonyl (C=O) groups excluding carboxylic acids is 1. The van der Waals surface area contributed by atoms with E-state index >= 15 is 0 Å². The number of hydrogen-bond donors (Lipinski definition) is 4. The molecule has 2 aliphatic carbocycles. The number of urea groups is 1. The third-order valence-corrected chi connectivity index (χ3v) is 5.73. The first-order valence-corrected chi connectivity index (χ1v) is 9.84. The average molecular weight is 459 g/mol. The van der Waals surface area contributed by atoms with Gasteiger partial charge < -0.3 is 20.8 Å². The number of aliphatic hydroxyl groups excluding tert-OH is 2. The van der Waals surface area contributed by atoms with Gasteiger partial charge in [-0.2, -0.15) is 0 Å². The van der Waals surface area contributed by atoms with Crippen molar-refractivity contribution in [3.05, 3.63) is 30.7 Å². The van der Waals surface area contributed by atoms with Crippen LogP contribution in [-0.2, 0) is 6.54 Å². The number of hydrogen-bond acceptors (Lipinski definition) is 6. The van der Waals surface area contributed by atoms with E-state index in [1.807, 2.05) is 12.1 Å². The minimum atomic E-state index is -0.999. The predicted octanol–water partition coefficient (Wildman–Crippen LogP) is 1.54. The zero-order valence-electron chi connectivity index (χ0n) is 16.4. The Morgan fingerprint density at radius 1 is 1.17 bits per heavy atom. The fourth-order valence-corrected chi connectivity index (χ4v) is 4.19. The standard InChI is InChI=1S/C19H26N6O3.2ClH/c26-17-13(10-25-11-16(23-24-25)12-4-3-7-20-9-12)8-15(18(17)27)22-19(28)21-14-5-1-2-6-14;;/h3-4,7,9,11,13-15,17-18,26-27H,1-2,5-6,8,10H2,(H2,21,22,28);2*1H/t13-,15-,17-,18+;;/m1../s1. The molecule has 2 heterocycles. The van der Waals surface area contributed by atoms with Gasteiger partial charge in [0.25, 0.3) is 0 Å². The molecule has 2 amide bonds. The van der Waals surface area contributed by atoms with E-state index in [1.165, 1.54) is 0 Å². The lowest BCUT2D eigenvalue weighted by molar-refractivity contribution is 0.00857. The Labute approximate surface area is 187 Å². The smallest absolute Gasteiger partial charge is 0.315 e. The van der Waals surface area contributed by atoms with Gasteiger partial charge in [0.1, 0.15) is 11.8 Å².